The number of halogens is 4. The van der Waals surface area contributed by atoms with Gasteiger partial charge in [-0.3, -0.25) is 0 Å². The summed E-state index contributed by atoms with van der Waals surface area (Å²) in [5.74, 6) is 0. The molecule has 0 amide bonds. The summed E-state index contributed by atoms with van der Waals surface area (Å²) in [4.78, 5) is 0. The molecule has 0 saturated carbocycles. The highest BCUT2D eigenvalue weighted by atomic mass is 79.9. The van der Waals surface area contributed by atoms with E-state index < -0.39 is 0 Å². The van der Waals surface area contributed by atoms with Crippen LogP contribution in [0.25, 0.3) is 0 Å². The van der Waals surface area contributed by atoms with Crippen LogP contribution in [0, 0.1) is 0 Å². The van der Waals surface area contributed by atoms with Gasteiger partial charge in [-0.1, -0.05) is 27.5 Å². The number of hydrogen-bond donors (Lipinski definition) is 1. The fourth-order valence-corrected chi connectivity index (χ4v) is 4.86. The number of allylic oxidation sites excluding steroid dienone is 2. The fraction of sp³-hybridized carbons (Fsp3) is 0.286. The van der Waals surface area contributed by atoms with Crippen LogP contribution in [-0.4, -0.2) is 6.04 Å². The molecule has 5 heteroatoms. The summed E-state index contributed by atoms with van der Waals surface area (Å²) in [6.45, 7) is 0. The van der Waals surface area contributed by atoms with Crippen LogP contribution in [0.15, 0.2) is 38.9 Å². The molecule has 19 heavy (non-hydrogen) atoms. The highest BCUT2D eigenvalue weighted by Crippen LogP contribution is 2.42. The van der Waals surface area contributed by atoms with Gasteiger partial charge in [0.05, 0.1) is 11.4 Å². The van der Waals surface area contributed by atoms with E-state index in [1.165, 1.54) is 11.1 Å². The monoisotopic (exact) mass is 421 g/mol. The van der Waals surface area contributed by atoms with Crippen LogP contribution in [0.3, 0.4) is 0 Å². The number of alkyl halides is 1. The van der Waals surface area contributed by atoms with E-state index in [4.69, 9.17) is 23.2 Å². The Morgan fingerprint density at radius 3 is 2.79 bits per heavy atom. The molecule has 1 aromatic carbocycles. The van der Waals surface area contributed by atoms with Crippen LogP contribution in [0.5, 0.6) is 0 Å². The van der Waals surface area contributed by atoms with Gasteiger partial charge in [0.25, 0.3) is 0 Å². The standard InChI is InChI=1S/C14H11Br2Cl2N/c15-9-3-8-2-1-7-4-10(17)5-11(16)12(7)13(18)14(8)19-6-9/h3-6,13-14,19H,1-2H2. The predicted octanol–water partition coefficient (Wildman–Crippen LogP) is 5.46. The third kappa shape index (κ3) is 2.63. The first-order chi connectivity index (χ1) is 9.06. The van der Waals surface area contributed by atoms with E-state index in [1.54, 1.807) is 0 Å². The maximum Gasteiger partial charge on any atom is 0.0838 e. The van der Waals surface area contributed by atoms with Crippen molar-refractivity contribution in [2.75, 3.05) is 0 Å². The van der Waals surface area contributed by atoms with E-state index >= 15 is 0 Å². The Hall–Kier alpha value is 0.0400. The van der Waals surface area contributed by atoms with Crippen molar-refractivity contribution in [1.82, 2.24) is 5.32 Å². The van der Waals surface area contributed by atoms with E-state index in [-0.39, 0.29) is 11.4 Å². The second-order valence-corrected chi connectivity index (χ2v) is 7.43. The minimum Gasteiger partial charge on any atom is -0.382 e. The SMILES string of the molecule is Clc1cc(Br)c2c(c1)CCC1=CC(Br)=CNC1C2Cl. The Bertz CT molecular complexity index is 595. The van der Waals surface area contributed by atoms with E-state index in [9.17, 15) is 0 Å². The van der Waals surface area contributed by atoms with Crippen LogP contribution in [0.2, 0.25) is 5.02 Å². The van der Waals surface area contributed by atoms with Gasteiger partial charge in [0, 0.05) is 20.2 Å². The molecule has 2 atom stereocenters. The normalized spacial score (nSPS) is 25.5. The van der Waals surface area contributed by atoms with Crippen molar-refractivity contribution in [2.24, 2.45) is 0 Å². The van der Waals surface area contributed by atoms with Crippen molar-refractivity contribution >= 4 is 55.1 Å². The molecule has 0 spiro atoms. The Balaban J connectivity index is 2.09. The molecule has 2 aliphatic rings. The number of hydrogen-bond acceptors (Lipinski definition) is 1. The van der Waals surface area contributed by atoms with Crippen LogP contribution in [0.1, 0.15) is 22.9 Å². The highest BCUT2D eigenvalue weighted by molar-refractivity contribution is 9.12. The lowest BCUT2D eigenvalue weighted by Crippen LogP contribution is -2.32. The zero-order chi connectivity index (χ0) is 13.6. The van der Waals surface area contributed by atoms with Crippen molar-refractivity contribution in [3.8, 4) is 0 Å². The summed E-state index contributed by atoms with van der Waals surface area (Å²) in [7, 11) is 0. The van der Waals surface area contributed by atoms with Gasteiger partial charge >= 0.3 is 0 Å². The molecule has 1 nitrogen and oxygen atoms in total. The van der Waals surface area contributed by atoms with Crippen LogP contribution < -0.4 is 5.32 Å². The van der Waals surface area contributed by atoms with Gasteiger partial charge in [0.15, 0.2) is 0 Å². The lowest BCUT2D eigenvalue weighted by Gasteiger charge is -2.27. The van der Waals surface area contributed by atoms with Crippen molar-refractivity contribution in [2.45, 2.75) is 24.3 Å². The molecule has 1 aliphatic carbocycles. The Morgan fingerprint density at radius 1 is 1.21 bits per heavy atom. The third-order valence-corrected chi connectivity index (χ3v) is 5.36. The molecule has 0 saturated heterocycles. The molecule has 0 radical (unpaired) electrons. The number of rotatable bonds is 0. The average Bonchev–Trinajstić information content (AvgIpc) is 2.47. The van der Waals surface area contributed by atoms with E-state index in [2.05, 4.69) is 43.3 Å². The molecule has 2 unspecified atom stereocenters. The molecule has 0 bridgehead atoms. The Morgan fingerprint density at radius 2 is 2.00 bits per heavy atom. The van der Waals surface area contributed by atoms with Gasteiger partial charge in [-0.25, -0.2) is 0 Å². The second kappa shape index (κ2) is 5.44. The quantitative estimate of drug-likeness (QED) is 0.546. The van der Waals surface area contributed by atoms with Crippen LogP contribution in [-0.2, 0) is 6.42 Å². The summed E-state index contributed by atoms with van der Waals surface area (Å²) >= 11 is 19.9. The lowest BCUT2D eigenvalue weighted by atomic mass is 9.97. The van der Waals surface area contributed by atoms with Gasteiger partial charge in [0.1, 0.15) is 0 Å². The maximum absolute atomic E-state index is 6.71. The van der Waals surface area contributed by atoms with E-state index in [0.29, 0.717) is 0 Å². The number of benzene rings is 1. The molecule has 1 heterocycles. The molecule has 3 rings (SSSR count). The minimum atomic E-state index is -0.104. The van der Waals surface area contributed by atoms with Crippen molar-refractivity contribution in [1.29, 1.82) is 0 Å². The van der Waals surface area contributed by atoms with E-state index in [1.807, 2.05) is 18.3 Å². The number of aryl methyl sites for hydroxylation is 1. The first kappa shape index (κ1) is 14.0. The predicted molar refractivity (Wildman–Crippen MR) is 88.1 cm³/mol. The molecule has 1 aliphatic heterocycles. The zero-order valence-corrected chi connectivity index (χ0v) is 14.6. The third-order valence-electron chi connectivity index (χ3n) is 3.55. The highest BCUT2D eigenvalue weighted by Gasteiger charge is 2.32. The number of fused-ring (bicyclic) bond motifs is 2. The first-order valence-electron chi connectivity index (χ1n) is 6.00. The molecule has 100 valence electrons. The molecule has 1 N–H and O–H groups in total. The van der Waals surface area contributed by atoms with Crippen molar-refractivity contribution in [3.05, 3.63) is 55.1 Å². The Labute approximate surface area is 139 Å². The minimum absolute atomic E-state index is 0.104. The molecule has 0 aromatic heterocycles. The number of nitrogens with one attached hydrogen (secondary N) is 1. The van der Waals surface area contributed by atoms with Crippen LogP contribution >= 0.6 is 55.1 Å². The zero-order valence-electron chi connectivity index (χ0n) is 9.89. The van der Waals surface area contributed by atoms with Gasteiger partial charge in [-0.2, -0.15) is 0 Å². The maximum atomic E-state index is 6.71. The lowest BCUT2D eigenvalue weighted by molar-refractivity contribution is 0.623. The smallest absolute Gasteiger partial charge is 0.0838 e. The Kier molecular flexibility index (Phi) is 4.01. The number of dihydropyridines is 1. The topological polar surface area (TPSA) is 12.0 Å². The second-order valence-electron chi connectivity index (χ2n) is 4.75. The molecule has 1 aromatic rings. The van der Waals surface area contributed by atoms with Crippen molar-refractivity contribution < 1.29 is 0 Å². The van der Waals surface area contributed by atoms with E-state index in [0.717, 1.165) is 32.4 Å². The summed E-state index contributed by atoms with van der Waals surface area (Å²) in [5.41, 5.74) is 3.71. The summed E-state index contributed by atoms with van der Waals surface area (Å²) < 4.78 is 2.05. The fourth-order valence-electron chi connectivity index (χ4n) is 2.68. The van der Waals surface area contributed by atoms with Gasteiger partial charge < -0.3 is 5.32 Å². The van der Waals surface area contributed by atoms with Gasteiger partial charge in [-0.05, 0) is 63.7 Å². The van der Waals surface area contributed by atoms with Gasteiger partial charge in [-0.15, -0.1) is 11.6 Å². The van der Waals surface area contributed by atoms with Crippen LogP contribution in [0.4, 0.5) is 0 Å². The largest absolute Gasteiger partial charge is 0.382 e. The summed E-state index contributed by atoms with van der Waals surface area (Å²) in [5, 5.41) is 4.03. The summed E-state index contributed by atoms with van der Waals surface area (Å²) in [6.07, 6.45) is 6.07. The first-order valence-corrected chi connectivity index (χ1v) is 8.40. The van der Waals surface area contributed by atoms with Gasteiger partial charge in [0.2, 0.25) is 0 Å². The molecule has 0 fully saturated rings. The summed E-state index contributed by atoms with van der Waals surface area (Å²) in [6, 6.07) is 4.08. The van der Waals surface area contributed by atoms with Crippen molar-refractivity contribution in [3.63, 3.8) is 0 Å². The molecular weight excluding hydrogens is 413 g/mol. The average molecular weight is 424 g/mol. The molecular formula is C14H11Br2Cl2N.